The van der Waals surface area contributed by atoms with Crippen molar-refractivity contribution in [1.82, 2.24) is 9.97 Å². The summed E-state index contributed by atoms with van der Waals surface area (Å²) in [6, 6.07) is 15.9. The van der Waals surface area contributed by atoms with Crippen molar-refractivity contribution in [2.75, 3.05) is 5.32 Å². The molecule has 2 aromatic carbocycles. The number of aryl methyl sites for hydroxylation is 1. The van der Waals surface area contributed by atoms with Crippen LogP contribution in [0.5, 0.6) is 0 Å². The summed E-state index contributed by atoms with van der Waals surface area (Å²) in [6.45, 7) is 2.49. The number of benzene rings is 2. The average molecular weight is 393 g/mol. The van der Waals surface area contributed by atoms with Crippen molar-refractivity contribution in [3.05, 3.63) is 76.5 Å². The van der Waals surface area contributed by atoms with Crippen LogP contribution in [0.3, 0.4) is 0 Å². The SMILES string of the molecule is Cc1sc2nc(-c3ccc(C(=O)O)cc3)nc(F)c2c1NCc1ccccc1. The van der Waals surface area contributed by atoms with Gasteiger partial charge in [0, 0.05) is 17.0 Å². The first kappa shape index (κ1) is 18.1. The molecule has 2 N–H and O–H groups in total. The Bertz CT molecular complexity index is 1160. The van der Waals surface area contributed by atoms with Gasteiger partial charge in [0.25, 0.3) is 0 Å². The predicted molar refractivity (Wildman–Crippen MR) is 108 cm³/mol. The smallest absolute Gasteiger partial charge is 0.335 e. The van der Waals surface area contributed by atoms with E-state index in [1.165, 1.54) is 23.5 Å². The van der Waals surface area contributed by atoms with Crippen LogP contribution in [0.1, 0.15) is 20.8 Å². The number of thiophene rings is 1. The largest absolute Gasteiger partial charge is 0.478 e. The third-order valence-corrected chi connectivity index (χ3v) is 5.38. The van der Waals surface area contributed by atoms with Gasteiger partial charge in [-0.2, -0.15) is 9.37 Å². The lowest BCUT2D eigenvalue weighted by Crippen LogP contribution is -2.01. The molecule has 4 rings (SSSR count). The number of nitrogens with zero attached hydrogens (tertiary/aromatic N) is 2. The molecule has 0 spiro atoms. The fourth-order valence-corrected chi connectivity index (χ4v) is 3.95. The molecule has 140 valence electrons. The summed E-state index contributed by atoms with van der Waals surface area (Å²) in [4.78, 5) is 21.0. The van der Waals surface area contributed by atoms with Crippen molar-refractivity contribution in [1.29, 1.82) is 0 Å². The molecular weight excluding hydrogens is 377 g/mol. The van der Waals surface area contributed by atoms with Gasteiger partial charge >= 0.3 is 5.97 Å². The molecule has 28 heavy (non-hydrogen) atoms. The van der Waals surface area contributed by atoms with Crippen molar-refractivity contribution in [3.63, 3.8) is 0 Å². The van der Waals surface area contributed by atoms with Crippen LogP contribution in [0.15, 0.2) is 54.6 Å². The first-order valence-corrected chi connectivity index (χ1v) is 9.43. The topological polar surface area (TPSA) is 75.1 Å². The monoisotopic (exact) mass is 393 g/mol. The number of aromatic nitrogens is 2. The molecule has 0 aliphatic rings. The van der Waals surface area contributed by atoms with Crippen LogP contribution in [0.25, 0.3) is 21.6 Å². The van der Waals surface area contributed by atoms with Gasteiger partial charge in [-0.15, -0.1) is 11.3 Å². The van der Waals surface area contributed by atoms with Crippen molar-refractivity contribution in [3.8, 4) is 11.4 Å². The van der Waals surface area contributed by atoms with Gasteiger partial charge in [-0.05, 0) is 24.6 Å². The number of nitrogens with one attached hydrogen (secondary N) is 1. The molecule has 0 atom stereocenters. The zero-order valence-corrected chi connectivity index (χ0v) is 15.8. The normalized spacial score (nSPS) is 10.9. The first-order chi connectivity index (χ1) is 13.5. The Balaban J connectivity index is 1.69. The van der Waals surface area contributed by atoms with Gasteiger partial charge in [0.05, 0.1) is 16.6 Å². The van der Waals surface area contributed by atoms with Gasteiger partial charge in [-0.25, -0.2) is 9.78 Å². The van der Waals surface area contributed by atoms with E-state index in [2.05, 4.69) is 15.3 Å². The van der Waals surface area contributed by atoms with E-state index in [9.17, 15) is 9.18 Å². The number of aromatic carboxylic acids is 1. The van der Waals surface area contributed by atoms with Gasteiger partial charge < -0.3 is 10.4 Å². The number of hydrogen-bond acceptors (Lipinski definition) is 5. The maximum absolute atomic E-state index is 14.9. The zero-order valence-electron chi connectivity index (χ0n) is 14.9. The number of carboxylic acids is 1. The third-order valence-electron chi connectivity index (χ3n) is 4.39. The van der Waals surface area contributed by atoms with E-state index in [1.807, 2.05) is 37.3 Å². The molecule has 0 bridgehead atoms. The second kappa shape index (κ2) is 7.36. The minimum absolute atomic E-state index is 0.157. The van der Waals surface area contributed by atoms with Crippen LogP contribution in [0, 0.1) is 12.9 Å². The van der Waals surface area contributed by atoms with Crippen LogP contribution in [-0.2, 0) is 6.54 Å². The number of carboxylic acid groups (broad SMARTS) is 1. The fourth-order valence-electron chi connectivity index (χ4n) is 2.96. The number of hydrogen-bond donors (Lipinski definition) is 2. The van der Waals surface area contributed by atoms with Gasteiger partial charge in [-0.1, -0.05) is 42.5 Å². The van der Waals surface area contributed by atoms with Crippen LogP contribution >= 0.6 is 11.3 Å². The van der Waals surface area contributed by atoms with Crippen molar-refractivity contribution in [2.45, 2.75) is 13.5 Å². The molecule has 0 aliphatic carbocycles. The second-order valence-corrected chi connectivity index (χ2v) is 7.48. The number of halogens is 1. The van der Waals surface area contributed by atoms with Gasteiger partial charge in [0.15, 0.2) is 5.82 Å². The van der Waals surface area contributed by atoms with Crippen LogP contribution in [0.4, 0.5) is 10.1 Å². The number of rotatable bonds is 5. The average Bonchev–Trinajstić information content (AvgIpc) is 3.02. The lowest BCUT2D eigenvalue weighted by Gasteiger charge is -2.07. The number of anilines is 1. The van der Waals surface area contributed by atoms with Gasteiger partial charge in [0.1, 0.15) is 4.83 Å². The number of carbonyl (C=O) groups is 1. The van der Waals surface area contributed by atoms with Crippen molar-refractivity contribution >= 4 is 33.2 Å². The Morgan fingerprint density at radius 1 is 1.11 bits per heavy atom. The highest BCUT2D eigenvalue weighted by Crippen LogP contribution is 2.36. The summed E-state index contributed by atoms with van der Waals surface area (Å²) >= 11 is 1.40. The summed E-state index contributed by atoms with van der Waals surface area (Å²) in [6.07, 6.45) is 0. The molecule has 0 radical (unpaired) electrons. The summed E-state index contributed by atoms with van der Waals surface area (Å²) in [5.74, 6) is -1.38. The fraction of sp³-hybridized carbons (Fsp3) is 0.0952. The Morgan fingerprint density at radius 3 is 2.50 bits per heavy atom. The summed E-state index contributed by atoms with van der Waals surface area (Å²) < 4.78 is 14.9. The van der Waals surface area contributed by atoms with E-state index in [0.717, 1.165) is 10.4 Å². The zero-order chi connectivity index (χ0) is 19.7. The molecule has 0 saturated carbocycles. The molecule has 4 aromatic rings. The molecule has 0 amide bonds. The van der Waals surface area contributed by atoms with Crippen LogP contribution in [0.2, 0.25) is 0 Å². The Labute approximate surface area is 164 Å². The molecule has 0 unspecified atom stereocenters. The molecule has 0 saturated heterocycles. The lowest BCUT2D eigenvalue weighted by molar-refractivity contribution is 0.0697. The molecular formula is C21H16FN3O2S. The Morgan fingerprint density at radius 2 is 1.82 bits per heavy atom. The van der Waals surface area contributed by atoms with E-state index < -0.39 is 11.9 Å². The van der Waals surface area contributed by atoms with Crippen LogP contribution in [-0.4, -0.2) is 21.0 Å². The first-order valence-electron chi connectivity index (χ1n) is 8.61. The highest BCUT2D eigenvalue weighted by Gasteiger charge is 2.18. The summed E-state index contributed by atoms with van der Waals surface area (Å²) in [7, 11) is 0. The Hall–Kier alpha value is -3.32. The highest BCUT2D eigenvalue weighted by molar-refractivity contribution is 7.19. The van der Waals surface area contributed by atoms with E-state index in [0.29, 0.717) is 28.0 Å². The maximum Gasteiger partial charge on any atom is 0.335 e. The van der Waals surface area contributed by atoms with E-state index >= 15 is 0 Å². The summed E-state index contributed by atoms with van der Waals surface area (Å²) in [5, 5.41) is 12.7. The van der Waals surface area contributed by atoms with E-state index in [-0.39, 0.29) is 11.4 Å². The van der Waals surface area contributed by atoms with Gasteiger partial charge in [0.2, 0.25) is 5.95 Å². The lowest BCUT2D eigenvalue weighted by atomic mass is 10.1. The standard InChI is InChI=1S/C21H16FN3O2S/c1-12-17(23-11-13-5-3-2-4-6-13)16-18(22)24-19(25-20(16)28-12)14-7-9-15(10-8-14)21(26)27/h2-10,23H,11H2,1H3,(H,26,27). The molecule has 0 fully saturated rings. The Kier molecular flexibility index (Phi) is 4.75. The summed E-state index contributed by atoms with van der Waals surface area (Å²) in [5.41, 5.74) is 2.52. The number of fused-ring (bicyclic) bond motifs is 1. The molecule has 5 nitrogen and oxygen atoms in total. The minimum Gasteiger partial charge on any atom is -0.478 e. The van der Waals surface area contributed by atoms with E-state index in [1.54, 1.807) is 12.1 Å². The molecule has 2 heterocycles. The van der Waals surface area contributed by atoms with E-state index in [4.69, 9.17) is 5.11 Å². The highest BCUT2D eigenvalue weighted by atomic mass is 32.1. The molecule has 7 heteroatoms. The van der Waals surface area contributed by atoms with Gasteiger partial charge in [-0.3, -0.25) is 0 Å². The van der Waals surface area contributed by atoms with Crippen molar-refractivity contribution < 1.29 is 14.3 Å². The minimum atomic E-state index is -1.02. The third kappa shape index (κ3) is 3.44. The molecule has 0 aliphatic heterocycles. The molecule has 2 aromatic heterocycles. The quantitative estimate of drug-likeness (QED) is 0.461. The predicted octanol–water partition coefficient (Wildman–Crippen LogP) is 5.12. The van der Waals surface area contributed by atoms with Crippen molar-refractivity contribution in [2.24, 2.45) is 0 Å². The maximum atomic E-state index is 14.9. The van der Waals surface area contributed by atoms with Crippen LogP contribution < -0.4 is 5.32 Å². The second-order valence-electron chi connectivity index (χ2n) is 6.27.